The van der Waals surface area contributed by atoms with Crippen LogP contribution >= 0.6 is 0 Å². The van der Waals surface area contributed by atoms with Gasteiger partial charge in [-0.25, -0.2) is 0 Å². The van der Waals surface area contributed by atoms with Crippen LogP contribution in [-0.2, 0) is 14.3 Å². The van der Waals surface area contributed by atoms with Gasteiger partial charge >= 0.3 is 6.18 Å². The molecule has 1 aromatic carbocycles. The molecule has 0 saturated heterocycles. The molecular weight excluding hydrogens is 291 g/mol. The van der Waals surface area contributed by atoms with Gasteiger partial charge in [-0.3, -0.25) is 14.3 Å². The maximum Gasteiger partial charge on any atom is 0.413 e. The summed E-state index contributed by atoms with van der Waals surface area (Å²) in [7, 11) is -4.70. The zero-order valence-corrected chi connectivity index (χ0v) is 10.3. The Labute approximate surface area is 106 Å². The average Bonchev–Trinajstić information content (AvgIpc) is 2.25. The van der Waals surface area contributed by atoms with Gasteiger partial charge in [0.2, 0.25) is 0 Å². The Morgan fingerprint density at radius 1 is 1.37 bits per heavy atom. The lowest BCUT2D eigenvalue weighted by atomic mass is 10.2. The van der Waals surface area contributed by atoms with Gasteiger partial charge in [0.05, 0.1) is 4.92 Å². The van der Waals surface area contributed by atoms with Crippen molar-refractivity contribution in [2.24, 2.45) is 0 Å². The summed E-state index contributed by atoms with van der Waals surface area (Å²) < 4.78 is 62.6. The predicted molar refractivity (Wildman–Crippen MR) is 57.0 cm³/mol. The number of halogens is 3. The third kappa shape index (κ3) is 3.89. The number of alkyl halides is 3. The summed E-state index contributed by atoms with van der Waals surface area (Å²) in [5.41, 5.74) is -0.800. The first-order chi connectivity index (χ1) is 8.54. The van der Waals surface area contributed by atoms with Crippen molar-refractivity contribution in [1.29, 1.82) is 0 Å². The van der Waals surface area contributed by atoms with E-state index in [2.05, 4.69) is 4.18 Å². The second kappa shape index (κ2) is 5.13. The van der Waals surface area contributed by atoms with Crippen LogP contribution < -0.4 is 0 Å². The molecule has 0 saturated carbocycles. The lowest BCUT2D eigenvalue weighted by Crippen LogP contribution is -2.21. The van der Waals surface area contributed by atoms with Crippen LogP contribution in [0.4, 0.5) is 18.9 Å². The molecule has 0 heterocycles. The van der Waals surface area contributed by atoms with E-state index < -0.39 is 38.4 Å². The number of nitro groups is 1. The summed E-state index contributed by atoms with van der Waals surface area (Å²) in [5.74, 6) is 0. The molecule has 19 heavy (non-hydrogen) atoms. The lowest BCUT2D eigenvalue weighted by molar-refractivity contribution is -0.385. The molecule has 0 aromatic heterocycles. The Balaban J connectivity index is 3.16. The molecule has 0 bridgehead atoms. The normalized spacial score (nSPS) is 12.4. The van der Waals surface area contributed by atoms with Gasteiger partial charge in [0, 0.05) is 11.6 Å². The largest absolute Gasteiger partial charge is 0.413 e. The molecule has 1 rings (SSSR count). The van der Waals surface area contributed by atoms with Crippen LogP contribution in [0.15, 0.2) is 23.1 Å². The van der Waals surface area contributed by atoms with E-state index in [0.29, 0.717) is 0 Å². The molecule has 0 radical (unpaired) electrons. The molecule has 10 heteroatoms. The molecule has 0 aliphatic rings. The van der Waals surface area contributed by atoms with Gasteiger partial charge in [-0.1, -0.05) is 6.07 Å². The molecular formula is C9H8F3NO5S. The van der Waals surface area contributed by atoms with Gasteiger partial charge in [-0.2, -0.15) is 21.6 Å². The van der Waals surface area contributed by atoms with Gasteiger partial charge < -0.3 is 0 Å². The van der Waals surface area contributed by atoms with Crippen molar-refractivity contribution in [3.05, 3.63) is 33.9 Å². The van der Waals surface area contributed by atoms with Gasteiger partial charge in [-0.05, 0) is 13.0 Å². The van der Waals surface area contributed by atoms with Gasteiger partial charge in [0.15, 0.2) is 6.61 Å². The van der Waals surface area contributed by atoms with E-state index in [1.807, 2.05) is 0 Å². The standard InChI is InChI=1S/C9H8F3NO5S/c1-6-7(13(14)15)3-2-4-8(6)19(16,17)18-5-9(10,11)12/h2-4H,5H2,1H3. The topological polar surface area (TPSA) is 86.5 Å². The molecule has 0 unspecified atom stereocenters. The number of nitro benzene ring substituents is 1. The molecule has 0 N–H and O–H groups in total. The fourth-order valence-electron chi connectivity index (χ4n) is 1.28. The molecule has 0 amide bonds. The zero-order valence-electron chi connectivity index (χ0n) is 9.47. The van der Waals surface area contributed by atoms with Crippen LogP contribution in [0.3, 0.4) is 0 Å². The minimum atomic E-state index is -4.82. The van der Waals surface area contributed by atoms with Crippen molar-refractivity contribution in [3.8, 4) is 0 Å². The Bertz CT molecular complexity index is 596. The first kappa shape index (κ1) is 15.4. The fraction of sp³-hybridized carbons (Fsp3) is 0.333. The van der Waals surface area contributed by atoms with Gasteiger partial charge in [-0.15, -0.1) is 0 Å². The number of hydrogen-bond donors (Lipinski definition) is 0. The van der Waals surface area contributed by atoms with E-state index in [1.165, 1.54) is 0 Å². The van der Waals surface area contributed by atoms with E-state index in [4.69, 9.17) is 0 Å². The Kier molecular flexibility index (Phi) is 4.15. The van der Waals surface area contributed by atoms with E-state index in [0.717, 1.165) is 25.1 Å². The van der Waals surface area contributed by atoms with E-state index >= 15 is 0 Å². The first-order valence-corrected chi connectivity index (χ1v) is 6.15. The number of nitrogens with zero attached hydrogens (tertiary/aromatic N) is 1. The summed E-state index contributed by atoms with van der Waals surface area (Å²) in [5, 5.41) is 10.6. The van der Waals surface area contributed by atoms with E-state index in [9.17, 15) is 31.7 Å². The summed E-state index contributed by atoms with van der Waals surface area (Å²) >= 11 is 0. The van der Waals surface area contributed by atoms with Crippen LogP contribution in [0.5, 0.6) is 0 Å². The van der Waals surface area contributed by atoms with Gasteiger partial charge in [0.1, 0.15) is 4.90 Å². The summed E-state index contributed by atoms with van der Waals surface area (Å²) in [4.78, 5) is 9.11. The Morgan fingerprint density at radius 2 is 1.95 bits per heavy atom. The van der Waals surface area contributed by atoms with Crippen LogP contribution in [0.2, 0.25) is 0 Å². The second-order valence-electron chi connectivity index (χ2n) is 3.49. The minimum absolute atomic E-state index is 0.283. The molecule has 1 aromatic rings. The molecule has 0 aliphatic heterocycles. The molecule has 6 nitrogen and oxygen atoms in total. The molecule has 0 aliphatic carbocycles. The SMILES string of the molecule is Cc1c([N+](=O)[O-])cccc1S(=O)(=O)OCC(F)(F)F. The van der Waals surface area contributed by atoms with Crippen LogP contribution in [0, 0.1) is 17.0 Å². The van der Waals surface area contributed by atoms with Crippen molar-refractivity contribution in [1.82, 2.24) is 0 Å². The van der Waals surface area contributed by atoms with Crippen molar-refractivity contribution in [2.45, 2.75) is 18.0 Å². The van der Waals surface area contributed by atoms with E-state index in [-0.39, 0.29) is 5.56 Å². The van der Waals surface area contributed by atoms with Crippen molar-refractivity contribution in [2.75, 3.05) is 6.61 Å². The van der Waals surface area contributed by atoms with Crippen molar-refractivity contribution in [3.63, 3.8) is 0 Å². The number of hydrogen-bond acceptors (Lipinski definition) is 5. The molecule has 106 valence electrons. The Morgan fingerprint density at radius 3 is 2.42 bits per heavy atom. The maximum atomic E-state index is 11.9. The molecule has 0 fully saturated rings. The quantitative estimate of drug-likeness (QED) is 0.483. The number of benzene rings is 1. The van der Waals surface area contributed by atoms with Crippen molar-refractivity contribution >= 4 is 15.8 Å². The highest BCUT2D eigenvalue weighted by atomic mass is 32.2. The maximum absolute atomic E-state index is 11.9. The van der Waals surface area contributed by atoms with Crippen LogP contribution in [-0.4, -0.2) is 26.1 Å². The third-order valence-electron chi connectivity index (χ3n) is 2.10. The third-order valence-corrected chi connectivity index (χ3v) is 3.51. The predicted octanol–water partition coefficient (Wildman–Crippen LogP) is 2.17. The molecule has 0 atom stereocenters. The highest BCUT2D eigenvalue weighted by Gasteiger charge is 2.32. The highest BCUT2D eigenvalue weighted by Crippen LogP contribution is 2.27. The molecule has 0 spiro atoms. The van der Waals surface area contributed by atoms with E-state index in [1.54, 1.807) is 0 Å². The van der Waals surface area contributed by atoms with Crippen LogP contribution in [0.1, 0.15) is 5.56 Å². The monoisotopic (exact) mass is 299 g/mol. The zero-order chi connectivity index (χ0) is 14.8. The summed E-state index contributed by atoms with van der Waals surface area (Å²) in [6.07, 6.45) is -4.82. The summed E-state index contributed by atoms with van der Waals surface area (Å²) in [6, 6.07) is 3.03. The highest BCUT2D eigenvalue weighted by molar-refractivity contribution is 7.86. The summed E-state index contributed by atoms with van der Waals surface area (Å²) in [6.45, 7) is -0.876. The number of rotatable bonds is 4. The smallest absolute Gasteiger partial charge is 0.258 e. The van der Waals surface area contributed by atoms with Crippen molar-refractivity contribution < 1.29 is 30.7 Å². The Hall–Kier alpha value is -1.68. The second-order valence-corrected chi connectivity index (χ2v) is 5.07. The van der Waals surface area contributed by atoms with Gasteiger partial charge in [0.25, 0.3) is 15.8 Å². The minimum Gasteiger partial charge on any atom is -0.258 e. The lowest BCUT2D eigenvalue weighted by Gasteiger charge is -2.10. The first-order valence-electron chi connectivity index (χ1n) is 4.75. The fourth-order valence-corrected chi connectivity index (χ4v) is 2.42. The van der Waals surface area contributed by atoms with Crippen LogP contribution in [0.25, 0.3) is 0 Å². The average molecular weight is 299 g/mol.